The van der Waals surface area contributed by atoms with Crippen molar-refractivity contribution in [3.05, 3.63) is 41.3 Å². The summed E-state index contributed by atoms with van der Waals surface area (Å²) in [7, 11) is 0. The Labute approximate surface area is 147 Å². The average Bonchev–Trinajstić information content (AvgIpc) is 3.28. The van der Waals surface area contributed by atoms with E-state index in [1.54, 1.807) is 10.8 Å². The van der Waals surface area contributed by atoms with Crippen LogP contribution in [0.1, 0.15) is 36.6 Å². The summed E-state index contributed by atoms with van der Waals surface area (Å²) in [5.74, 6) is 1.59. The van der Waals surface area contributed by atoms with Crippen LogP contribution in [0, 0.1) is 13.8 Å². The van der Waals surface area contributed by atoms with Crippen molar-refractivity contribution in [3.63, 3.8) is 0 Å². The minimum atomic E-state index is 0.629. The van der Waals surface area contributed by atoms with E-state index in [0.29, 0.717) is 5.78 Å². The summed E-state index contributed by atoms with van der Waals surface area (Å²) in [5, 5.41) is 7.93. The van der Waals surface area contributed by atoms with Gasteiger partial charge in [-0.2, -0.15) is 14.6 Å². The minimum absolute atomic E-state index is 0.629. The molecule has 6 nitrogen and oxygen atoms in total. The van der Waals surface area contributed by atoms with Gasteiger partial charge in [0.05, 0.1) is 0 Å². The minimum Gasteiger partial charge on any atom is -0.371 e. The molecule has 1 aromatic carbocycles. The first kappa shape index (κ1) is 15.9. The number of rotatable bonds is 4. The van der Waals surface area contributed by atoms with Crippen molar-refractivity contribution in [2.45, 2.75) is 40.0 Å². The summed E-state index contributed by atoms with van der Waals surface area (Å²) in [6, 6.07) is 6.57. The fourth-order valence-corrected chi connectivity index (χ4v) is 3.66. The summed E-state index contributed by atoms with van der Waals surface area (Å²) >= 11 is 0. The Kier molecular flexibility index (Phi) is 4.03. The van der Waals surface area contributed by atoms with E-state index in [1.807, 2.05) is 6.92 Å². The second kappa shape index (κ2) is 6.35. The number of aromatic nitrogens is 4. The molecule has 0 atom stereocenters. The van der Waals surface area contributed by atoms with Crippen LogP contribution >= 0.6 is 0 Å². The van der Waals surface area contributed by atoms with Gasteiger partial charge >= 0.3 is 0 Å². The highest BCUT2D eigenvalue weighted by atomic mass is 15.4. The van der Waals surface area contributed by atoms with Gasteiger partial charge in [-0.1, -0.05) is 13.0 Å². The predicted molar refractivity (Wildman–Crippen MR) is 101 cm³/mol. The average molecular weight is 336 g/mol. The quantitative estimate of drug-likeness (QED) is 0.788. The van der Waals surface area contributed by atoms with E-state index in [9.17, 15) is 0 Å². The molecule has 3 heterocycles. The summed E-state index contributed by atoms with van der Waals surface area (Å²) < 4.78 is 1.79. The molecule has 6 heteroatoms. The van der Waals surface area contributed by atoms with E-state index in [0.717, 1.165) is 36.7 Å². The van der Waals surface area contributed by atoms with Gasteiger partial charge in [0.2, 0.25) is 0 Å². The van der Waals surface area contributed by atoms with E-state index in [1.165, 1.54) is 29.7 Å². The first-order valence-corrected chi connectivity index (χ1v) is 8.99. The molecule has 0 unspecified atom stereocenters. The monoisotopic (exact) mass is 336 g/mol. The van der Waals surface area contributed by atoms with Gasteiger partial charge in [-0.05, 0) is 50.8 Å². The molecule has 2 aromatic heterocycles. The van der Waals surface area contributed by atoms with Gasteiger partial charge in [0, 0.05) is 35.7 Å². The Morgan fingerprint density at radius 2 is 1.96 bits per heavy atom. The van der Waals surface area contributed by atoms with Crippen molar-refractivity contribution in [1.29, 1.82) is 0 Å². The standard InChI is InChI=1S/C19H24N6/c1-4-16-14(3)22-19-20-12-21-25(19)18(16)23-15-8-7-13(2)17(11-15)24-9-5-6-10-24/h7-8,11-12,23H,4-6,9-10H2,1-3H3. The molecule has 0 amide bonds. The molecule has 1 aliphatic heterocycles. The Morgan fingerprint density at radius 1 is 1.16 bits per heavy atom. The van der Waals surface area contributed by atoms with Crippen LogP contribution in [0.25, 0.3) is 5.78 Å². The van der Waals surface area contributed by atoms with Gasteiger partial charge in [0.1, 0.15) is 12.1 Å². The Bertz CT molecular complexity index is 908. The lowest BCUT2D eigenvalue weighted by molar-refractivity contribution is 0.903. The summed E-state index contributed by atoms with van der Waals surface area (Å²) in [4.78, 5) is 11.3. The van der Waals surface area contributed by atoms with Crippen LogP contribution in [0.15, 0.2) is 24.5 Å². The largest absolute Gasteiger partial charge is 0.371 e. The smallest absolute Gasteiger partial charge is 0.254 e. The van der Waals surface area contributed by atoms with Crippen molar-refractivity contribution in [2.24, 2.45) is 0 Å². The normalized spacial score (nSPS) is 14.4. The second-order valence-electron chi connectivity index (χ2n) is 6.67. The lowest BCUT2D eigenvalue weighted by Gasteiger charge is -2.22. The molecule has 4 rings (SSSR count). The van der Waals surface area contributed by atoms with Gasteiger partial charge in [0.25, 0.3) is 5.78 Å². The molecule has 130 valence electrons. The van der Waals surface area contributed by atoms with Crippen LogP contribution in [0.5, 0.6) is 0 Å². The van der Waals surface area contributed by atoms with Crippen molar-refractivity contribution >= 4 is 23.0 Å². The third-order valence-electron chi connectivity index (χ3n) is 5.00. The van der Waals surface area contributed by atoms with E-state index >= 15 is 0 Å². The zero-order valence-electron chi connectivity index (χ0n) is 15.1. The zero-order chi connectivity index (χ0) is 17.4. The molecule has 0 saturated carbocycles. The lowest BCUT2D eigenvalue weighted by atomic mass is 10.1. The van der Waals surface area contributed by atoms with Gasteiger partial charge in [-0.15, -0.1) is 0 Å². The highest BCUT2D eigenvalue weighted by Gasteiger charge is 2.17. The maximum atomic E-state index is 4.54. The second-order valence-corrected chi connectivity index (χ2v) is 6.67. The fourth-order valence-electron chi connectivity index (χ4n) is 3.66. The number of hydrogen-bond donors (Lipinski definition) is 1. The first-order chi connectivity index (χ1) is 12.2. The lowest BCUT2D eigenvalue weighted by Crippen LogP contribution is -2.18. The molecular formula is C19H24N6. The van der Waals surface area contributed by atoms with Crippen molar-refractivity contribution in [2.75, 3.05) is 23.3 Å². The molecule has 0 aliphatic carbocycles. The van der Waals surface area contributed by atoms with Crippen LogP contribution in [-0.2, 0) is 6.42 Å². The zero-order valence-corrected chi connectivity index (χ0v) is 15.1. The molecule has 1 saturated heterocycles. The molecule has 25 heavy (non-hydrogen) atoms. The van der Waals surface area contributed by atoms with Crippen molar-refractivity contribution < 1.29 is 0 Å². The maximum Gasteiger partial charge on any atom is 0.254 e. The number of anilines is 3. The molecule has 1 N–H and O–H groups in total. The molecule has 0 spiro atoms. The Hall–Kier alpha value is -2.63. The molecular weight excluding hydrogens is 312 g/mol. The topological polar surface area (TPSA) is 58.4 Å². The Balaban J connectivity index is 1.76. The van der Waals surface area contributed by atoms with Crippen molar-refractivity contribution in [1.82, 2.24) is 19.6 Å². The van der Waals surface area contributed by atoms with Crippen molar-refractivity contribution in [3.8, 4) is 0 Å². The Morgan fingerprint density at radius 3 is 2.72 bits per heavy atom. The number of benzene rings is 1. The van der Waals surface area contributed by atoms with E-state index in [4.69, 9.17) is 0 Å². The van der Waals surface area contributed by atoms with E-state index < -0.39 is 0 Å². The van der Waals surface area contributed by atoms with Gasteiger partial charge in [-0.3, -0.25) is 0 Å². The molecule has 0 bridgehead atoms. The van der Waals surface area contributed by atoms with E-state index in [-0.39, 0.29) is 0 Å². The summed E-state index contributed by atoms with van der Waals surface area (Å²) in [6.07, 6.45) is 5.00. The van der Waals surface area contributed by atoms with E-state index in [2.05, 4.69) is 57.3 Å². The fraction of sp³-hybridized carbons (Fsp3) is 0.421. The number of fused-ring (bicyclic) bond motifs is 1. The summed E-state index contributed by atoms with van der Waals surface area (Å²) in [6.45, 7) is 8.64. The van der Waals surface area contributed by atoms with Crippen LogP contribution < -0.4 is 10.2 Å². The molecule has 1 aliphatic rings. The summed E-state index contributed by atoms with van der Waals surface area (Å²) in [5.41, 5.74) is 5.88. The maximum absolute atomic E-state index is 4.54. The number of nitrogens with one attached hydrogen (secondary N) is 1. The number of nitrogens with zero attached hydrogens (tertiary/aromatic N) is 5. The molecule has 0 radical (unpaired) electrons. The number of aryl methyl sites for hydroxylation is 2. The van der Waals surface area contributed by atoms with Crippen LogP contribution in [0.4, 0.5) is 17.2 Å². The third-order valence-corrected chi connectivity index (χ3v) is 5.00. The molecule has 3 aromatic rings. The van der Waals surface area contributed by atoms with Crippen LogP contribution in [0.3, 0.4) is 0 Å². The predicted octanol–water partition coefficient (Wildman–Crippen LogP) is 3.65. The highest BCUT2D eigenvalue weighted by molar-refractivity contribution is 5.69. The number of hydrogen-bond acceptors (Lipinski definition) is 5. The SMILES string of the molecule is CCc1c(C)nc2ncnn2c1Nc1ccc(C)c(N2CCCC2)c1. The van der Waals surface area contributed by atoms with Crippen LogP contribution in [0.2, 0.25) is 0 Å². The highest BCUT2D eigenvalue weighted by Crippen LogP contribution is 2.30. The molecule has 1 fully saturated rings. The van der Waals surface area contributed by atoms with Gasteiger partial charge in [0.15, 0.2) is 0 Å². The van der Waals surface area contributed by atoms with Gasteiger partial charge in [-0.25, -0.2) is 4.98 Å². The van der Waals surface area contributed by atoms with Gasteiger partial charge < -0.3 is 10.2 Å². The van der Waals surface area contributed by atoms with Crippen LogP contribution in [-0.4, -0.2) is 32.7 Å². The first-order valence-electron chi connectivity index (χ1n) is 8.99. The third kappa shape index (κ3) is 2.81.